The minimum Gasteiger partial charge on any atom is -0.377 e. The third-order valence-electron chi connectivity index (χ3n) is 4.17. The van der Waals surface area contributed by atoms with Gasteiger partial charge in [-0.15, -0.1) is 12.4 Å². The van der Waals surface area contributed by atoms with Crippen molar-refractivity contribution in [1.29, 1.82) is 0 Å². The Kier molecular flexibility index (Phi) is 10.1. The monoisotopic (exact) mass is 328 g/mol. The van der Waals surface area contributed by atoms with Gasteiger partial charge in [-0.05, 0) is 30.9 Å². The maximum atomic E-state index is 12.3. The molecule has 0 fully saturated rings. The van der Waals surface area contributed by atoms with Crippen LogP contribution >= 0.6 is 12.4 Å². The van der Waals surface area contributed by atoms with Gasteiger partial charge in [-0.3, -0.25) is 4.79 Å². The summed E-state index contributed by atoms with van der Waals surface area (Å²) in [6, 6.07) is 8.12. The summed E-state index contributed by atoms with van der Waals surface area (Å²) in [6.45, 7) is 8.28. The molecule has 0 aliphatic heterocycles. The molecule has 0 radical (unpaired) electrons. The average molecular weight is 329 g/mol. The van der Waals surface area contributed by atoms with Gasteiger partial charge in [0.25, 0.3) is 0 Å². The lowest BCUT2D eigenvalue weighted by molar-refractivity contribution is -0.131. The van der Waals surface area contributed by atoms with Gasteiger partial charge in [-0.1, -0.05) is 38.1 Å². The normalized spacial score (nSPS) is 10.9. The molecule has 4 nitrogen and oxygen atoms in total. The van der Waals surface area contributed by atoms with Crippen LogP contribution in [0.1, 0.15) is 44.7 Å². The maximum absolute atomic E-state index is 12.3. The first-order chi connectivity index (χ1) is 10.1. The van der Waals surface area contributed by atoms with E-state index in [1.54, 1.807) is 0 Å². The van der Waals surface area contributed by atoms with Crippen LogP contribution in [0.25, 0.3) is 0 Å². The first kappa shape index (κ1) is 20.9. The molecule has 0 atom stereocenters. The molecule has 0 saturated heterocycles. The molecule has 22 heavy (non-hydrogen) atoms. The smallest absolute Gasteiger partial charge is 0.227 e. The largest absolute Gasteiger partial charge is 0.377 e. The summed E-state index contributed by atoms with van der Waals surface area (Å²) >= 11 is 0. The number of halogens is 1. The van der Waals surface area contributed by atoms with E-state index < -0.39 is 5.41 Å². The molecule has 0 saturated carbocycles. The van der Waals surface area contributed by atoms with Crippen LogP contribution in [0.15, 0.2) is 24.3 Å². The SMILES string of the molecule is CCOCc1ccc(CNC(=O)C(CC)(CC)CN)cc1.Cl. The number of rotatable bonds is 9. The van der Waals surface area contributed by atoms with E-state index >= 15 is 0 Å². The number of hydrogen-bond donors (Lipinski definition) is 2. The molecule has 0 aliphatic rings. The molecule has 1 rings (SSSR count). The van der Waals surface area contributed by atoms with Crippen molar-refractivity contribution in [1.82, 2.24) is 5.32 Å². The first-order valence-corrected chi connectivity index (χ1v) is 7.75. The van der Waals surface area contributed by atoms with Gasteiger partial charge in [0, 0.05) is 19.7 Å². The molecular formula is C17H29ClN2O2. The second kappa shape index (κ2) is 10.6. The highest BCUT2D eigenvalue weighted by atomic mass is 35.5. The lowest BCUT2D eigenvalue weighted by atomic mass is 9.81. The summed E-state index contributed by atoms with van der Waals surface area (Å²) in [4.78, 5) is 12.3. The van der Waals surface area contributed by atoms with E-state index in [1.807, 2.05) is 45.0 Å². The van der Waals surface area contributed by atoms with Gasteiger partial charge in [-0.25, -0.2) is 0 Å². The number of carbonyl (C=O) groups excluding carboxylic acids is 1. The number of carbonyl (C=O) groups is 1. The summed E-state index contributed by atoms with van der Waals surface area (Å²) in [5, 5.41) is 3.01. The van der Waals surface area contributed by atoms with Gasteiger partial charge in [-0.2, -0.15) is 0 Å². The lowest BCUT2D eigenvalue weighted by Crippen LogP contribution is -2.45. The number of nitrogens with two attached hydrogens (primary N) is 1. The predicted octanol–water partition coefficient (Wildman–Crippen LogP) is 3.03. The van der Waals surface area contributed by atoms with Crippen molar-refractivity contribution in [3.05, 3.63) is 35.4 Å². The van der Waals surface area contributed by atoms with Crippen LogP contribution in [0.3, 0.4) is 0 Å². The first-order valence-electron chi connectivity index (χ1n) is 7.75. The van der Waals surface area contributed by atoms with Crippen molar-refractivity contribution in [2.45, 2.75) is 46.8 Å². The van der Waals surface area contributed by atoms with E-state index in [0.29, 0.717) is 26.3 Å². The topological polar surface area (TPSA) is 64.3 Å². The minimum atomic E-state index is -0.436. The zero-order valence-electron chi connectivity index (χ0n) is 13.9. The fourth-order valence-corrected chi connectivity index (χ4v) is 2.30. The summed E-state index contributed by atoms with van der Waals surface area (Å²) in [5.41, 5.74) is 7.58. The Balaban J connectivity index is 0.00000441. The van der Waals surface area contributed by atoms with Gasteiger partial charge in [0.15, 0.2) is 0 Å². The van der Waals surface area contributed by atoms with E-state index in [4.69, 9.17) is 10.5 Å². The van der Waals surface area contributed by atoms with Crippen molar-refractivity contribution in [2.24, 2.45) is 11.1 Å². The van der Waals surface area contributed by atoms with Crippen LogP contribution < -0.4 is 11.1 Å². The third-order valence-corrected chi connectivity index (χ3v) is 4.17. The molecule has 1 aromatic carbocycles. The standard InChI is InChI=1S/C17H28N2O2.ClH/c1-4-17(5-2,13-18)16(20)19-11-14-7-9-15(10-8-14)12-21-6-3;/h7-10H,4-6,11-13,18H2,1-3H3,(H,19,20);1H. The number of amides is 1. The molecule has 3 N–H and O–H groups in total. The summed E-state index contributed by atoms with van der Waals surface area (Å²) in [7, 11) is 0. The number of benzene rings is 1. The van der Waals surface area contributed by atoms with E-state index in [0.717, 1.165) is 24.0 Å². The Morgan fingerprint density at radius 1 is 1.14 bits per heavy atom. The molecular weight excluding hydrogens is 300 g/mol. The fourth-order valence-electron chi connectivity index (χ4n) is 2.30. The van der Waals surface area contributed by atoms with Crippen LogP contribution in [-0.2, 0) is 22.7 Å². The van der Waals surface area contributed by atoms with Crippen molar-refractivity contribution in [3.63, 3.8) is 0 Å². The van der Waals surface area contributed by atoms with Crippen LogP contribution in [0, 0.1) is 5.41 Å². The Hall–Kier alpha value is -1.10. The molecule has 0 unspecified atom stereocenters. The molecule has 0 spiro atoms. The van der Waals surface area contributed by atoms with Gasteiger partial charge in [0.1, 0.15) is 0 Å². The van der Waals surface area contributed by atoms with Crippen LogP contribution in [0.4, 0.5) is 0 Å². The van der Waals surface area contributed by atoms with E-state index in [9.17, 15) is 4.79 Å². The zero-order valence-corrected chi connectivity index (χ0v) is 14.7. The Labute approximate surface area is 140 Å². The Morgan fingerprint density at radius 3 is 2.14 bits per heavy atom. The van der Waals surface area contributed by atoms with Crippen LogP contribution in [0.2, 0.25) is 0 Å². The number of ether oxygens (including phenoxy) is 1. The van der Waals surface area contributed by atoms with Gasteiger partial charge >= 0.3 is 0 Å². The van der Waals surface area contributed by atoms with E-state index in [1.165, 1.54) is 0 Å². The quantitative estimate of drug-likeness (QED) is 0.732. The highest BCUT2D eigenvalue weighted by molar-refractivity contribution is 5.85. The van der Waals surface area contributed by atoms with E-state index in [-0.39, 0.29) is 18.3 Å². The molecule has 0 heterocycles. The average Bonchev–Trinajstić information content (AvgIpc) is 2.54. The zero-order chi connectivity index (χ0) is 15.7. The summed E-state index contributed by atoms with van der Waals surface area (Å²) < 4.78 is 5.36. The second-order valence-corrected chi connectivity index (χ2v) is 5.33. The second-order valence-electron chi connectivity index (χ2n) is 5.33. The predicted molar refractivity (Wildman–Crippen MR) is 92.9 cm³/mol. The van der Waals surface area contributed by atoms with Gasteiger partial charge in [0.05, 0.1) is 12.0 Å². The highest BCUT2D eigenvalue weighted by Crippen LogP contribution is 2.25. The Bertz CT molecular complexity index is 423. The van der Waals surface area contributed by atoms with Crippen LogP contribution in [-0.4, -0.2) is 19.1 Å². The van der Waals surface area contributed by atoms with Crippen molar-refractivity contribution in [3.8, 4) is 0 Å². The third kappa shape index (κ3) is 5.59. The van der Waals surface area contributed by atoms with Gasteiger partial charge < -0.3 is 15.8 Å². The molecule has 0 bridgehead atoms. The molecule has 0 aromatic heterocycles. The number of nitrogens with one attached hydrogen (secondary N) is 1. The molecule has 5 heteroatoms. The summed E-state index contributed by atoms with van der Waals surface area (Å²) in [6.07, 6.45) is 1.53. The molecule has 126 valence electrons. The van der Waals surface area contributed by atoms with Crippen LogP contribution in [0.5, 0.6) is 0 Å². The van der Waals surface area contributed by atoms with E-state index in [2.05, 4.69) is 5.32 Å². The minimum absolute atomic E-state index is 0. The maximum Gasteiger partial charge on any atom is 0.227 e. The number of hydrogen-bond acceptors (Lipinski definition) is 3. The summed E-state index contributed by atoms with van der Waals surface area (Å²) in [5.74, 6) is 0.0494. The highest BCUT2D eigenvalue weighted by Gasteiger charge is 2.32. The Morgan fingerprint density at radius 2 is 1.68 bits per heavy atom. The van der Waals surface area contributed by atoms with Crippen molar-refractivity contribution < 1.29 is 9.53 Å². The molecule has 1 aromatic rings. The van der Waals surface area contributed by atoms with Crippen molar-refractivity contribution in [2.75, 3.05) is 13.2 Å². The van der Waals surface area contributed by atoms with Gasteiger partial charge in [0.2, 0.25) is 5.91 Å². The molecule has 0 aliphatic carbocycles. The molecule has 1 amide bonds. The van der Waals surface area contributed by atoms with Crippen molar-refractivity contribution >= 4 is 18.3 Å². The lowest BCUT2D eigenvalue weighted by Gasteiger charge is -2.28. The fraction of sp³-hybridized carbons (Fsp3) is 0.588.